The smallest absolute Gasteiger partial charge is 0.285 e. The fraction of sp³-hybridized carbons (Fsp3) is 0.286. The first-order valence-corrected chi connectivity index (χ1v) is 11.2. The molecule has 0 fully saturated rings. The lowest BCUT2D eigenvalue weighted by Crippen LogP contribution is -2.42. The number of rotatable bonds is 6. The molecule has 0 aromatic heterocycles. The van der Waals surface area contributed by atoms with Crippen molar-refractivity contribution in [1.82, 2.24) is 10.3 Å². The van der Waals surface area contributed by atoms with Gasteiger partial charge in [-0.2, -0.15) is 13.5 Å². The Hall–Kier alpha value is -3.60. The summed E-state index contributed by atoms with van der Waals surface area (Å²) in [5.41, 5.74) is 0.295. The number of hydrogen-bond acceptors (Lipinski definition) is 7. The van der Waals surface area contributed by atoms with Crippen molar-refractivity contribution in [3.05, 3.63) is 69.8 Å². The van der Waals surface area contributed by atoms with Crippen LogP contribution in [0.5, 0.6) is 0 Å². The van der Waals surface area contributed by atoms with Gasteiger partial charge in [0.25, 0.3) is 15.7 Å². The Balaban J connectivity index is 1.93. The van der Waals surface area contributed by atoms with E-state index in [1.807, 2.05) is 20.8 Å². The molecule has 0 atom stereocenters. The number of nitrogens with one attached hydrogen (secondary N) is 1. The first-order chi connectivity index (χ1) is 15.0. The maximum absolute atomic E-state index is 12.5. The Morgan fingerprint density at radius 3 is 2.62 bits per heavy atom. The van der Waals surface area contributed by atoms with Crippen molar-refractivity contribution in [2.45, 2.75) is 37.6 Å². The van der Waals surface area contributed by atoms with Crippen LogP contribution < -0.4 is 5.32 Å². The molecule has 0 bridgehead atoms. The average Bonchev–Trinajstić information content (AvgIpc) is 2.98. The fourth-order valence-electron chi connectivity index (χ4n) is 3.04. The van der Waals surface area contributed by atoms with E-state index in [9.17, 15) is 23.3 Å². The van der Waals surface area contributed by atoms with Gasteiger partial charge in [-0.3, -0.25) is 14.9 Å². The lowest BCUT2D eigenvalue weighted by atomic mass is 10.1. The van der Waals surface area contributed by atoms with Crippen molar-refractivity contribution in [2.24, 2.45) is 9.50 Å². The SMILES string of the molecule is CC(C)(C)NC(=O)CCN(N=Cc1cccc([N+](=O)[O-])c1)C1=NS(=O)(=O)c2ccccc21. The number of amides is 1. The number of benzene rings is 2. The third-order valence-electron chi connectivity index (χ3n) is 4.35. The van der Waals surface area contributed by atoms with Gasteiger partial charge in [-0.15, -0.1) is 4.40 Å². The van der Waals surface area contributed by atoms with E-state index >= 15 is 0 Å². The molecule has 32 heavy (non-hydrogen) atoms. The molecular weight excluding hydrogens is 434 g/mol. The van der Waals surface area contributed by atoms with E-state index < -0.39 is 20.5 Å². The van der Waals surface area contributed by atoms with Crippen LogP contribution in [0.15, 0.2) is 62.9 Å². The first kappa shape index (κ1) is 23.1. The second-order valence-corrected chi connectivity index (χ2v) is 9.73. The second kappa shape index (κ2) is 8.87. The standard InChI is InChI=1S/C21H23N5O5S/c1-21(2,3)23-19(27)11-12-25(22-14-15-7-6-8-16(13-15)26(28)29)20-17-9-4-5-10-18(17)32(30,31)24-20/h4-10,13-14H,11-12H2,1-3H3,(H,23,27). The van der Waals surface area contributed by atoms with Gasteiger partial charge in [-0.1, -0.05) is 24.3 Å². The first-order valence-electron chi connectivity index (χ1n) is 9.78. The lowest BCUT2D eigenvalue weighted by Gasteiger charge is -2.22. The normalized spacial score (nSPS) is 14.7. The van der Waals surface area contributed by atoms with Gasteiger partial charge in [0.15, 0.2) is 5.84 Å². The third-order valence-corrected chi connectivity index (χ3v) is 5.67. The number of nitro groups is 1. The van der Waals surface area contributed by atoms with Gasteiger partial charge in [0.2, 0.25) is 5.91 Å². The van der Waals surface area contributed by atoms with Gasteiger partial charge in [-0.25, -0.2) is 5.01 Å². The van der Waals surface area contributed by atoms with Crippen LogP contribution in [-0.2, 0) is 14.8 Å². The van der Waals surface area contributed by atoms with Crippen LogP contribution in [0.3, 0.4) is 0 Å². The number of amidine groups is 1. The molecule has 2 aromatic rings. The summed E-state index contributed by atoms with van der Waals surface area (Å²) < 4.78 is 28.8. The van der Waals surface area contributed by atoms with Crippen molar-refractivity contribution in [1.29, 1.82) is 0 Å². The lowest BCUT2D eigenvalue weighted by molar-refractivity contribution is -0.384. The molecule has 1 aliphatic heterocycles. The highest BCUT2D eigenvalue weighted by atomic mass is 32.2. The van der Waals surface area contributed by atoms with Crippen LogP contribution in [0, 0.1) is 10.1 Å². The summed E-state index contributed by atoms with van der Waals surface area (Å²) in [4.78, 5) is 22.9. The predicted octanol–water partition coefficient (Wildman–Crippen LogP) is 2.68. The maximum Gasteiger partial charge on any atom is 0.285 e. The molecule has 0 aliphatic carbocycles. The van der Waals surface area contributed by atoms with Crippen molar-refractivity contribution in [3.63, 3.8) is 0 Å². The summed E-state index contributed by atoms with van der Waals surface area (Å²) in [6.45, 7) is 5.61. The maximum atomic E-state index is 12.5. The Morgan fingerprint density at radius 1 is 1.22 bits per heavy atom. The van der Waals surface area contributed by atoms with E-state index in [-0.39, 0.29) is 35.3 Å². The number of carbonyl (C=O) groups excluding carboxylic acids is 1. The number of fused-ring (bicyclic) bond motifs is 1. The highest BCUT2D eigenvalue weighted by molar-refractivity contribution is 7.90. The molecule has 10 nitrogen and oxygen atoms in total. The van der Waals surface area contributed by atoms with Crippen LogP contribution in [-0.4, -0.2) is 48.4 Å². The number of hydrazone groups is 1. The topological polar surface area (TPSA) is 134 Å². The van der Waals surface area contributed by atoms with Crippen molar-refractivity contribution in [3.8, 4) is 0 Å². The third kappa shape index (κ3) is 5.55. The highest BCUT2D eigenvalue weighted by Crippen LogP contribution is 2.27. The Bertz CT molecular complexity index is 1220. The zero-order valence-electron chi connectivity index (χ0n) is 17.8. The summed E-state index contributed by atoms with van der Waals surface area (Å²) in [5.74, 6) is -0.145. The van der Waals surface area contributed by atoms with Crippen molar-refractivity contribution < 1.29 is 18.1 Å². The minimum Gasteiger partial charge on any atom is -0.351 e. The van der Waals surface area contributed by atoms with Crippen molar-refractivity contribution in [2.75, 3.05) is 6.54 Å². The minimum absolute atomic E-state index is 0.0325. The summed E-state index contributed by atoms with van der Waals surface area (Å²) >= 11 is 0. The van der Waals surface area contributed by atoms with E-state index in [2.05, 4.69) is 14.8 Å². The molecule has 0 spiro atoms. The molecule has 0 unspecified atom stereocenters. The highest BCUT2D eigenvalue weighted by Gasteiger charge is 2.32. The monoisotopic (exact) mass is 457 g/mol. The molecular formula is C21H23N5O5S. The molecule has 2 aromatic carbocycles. The molecule has 0 radical (unpaired) electrons. The Kier molecular flexibility index (Phi) is 6.40. The Morgan fingerprint density at radius 2 is 1.94 bits per heavy atom. The number of nitro benzene ring substituents is 1. The van der Waals surface area contributed by atoms with Crippen LogP contribution in [0.4, 0.5) is 5.69 Å². The quantitative estimate of drug-likeness (QED) is 0.403. The minimum atomic E-state index is -3.89. The van der Waals surface area contributed by atoms with E-state index in [0.29, 0.717) is 11.1 Å². The van der Waals surface area contributed by atoms with Gasteiger partial charge in [0.1, 0.15) is 4.90 Å². The Labute approximate surface area is 185 Å². The molecule has 1 aliphatic rings. The second-order valence-electron chi connectivity index (χ2n) is 8.15. The number of non-ortho nitro benzene ring substituents is 1. The summed E-state index contributed by atoms with van der Waals surface area (Å²) in [6.07, 6.45) is 1.40. The molecule has 0 saturated carbocycles. The number of carbonyl (C=O) groups is 1. The molecule has 1 heterocycles. The molecule has 3 rings (SSSR count). The van der Waals surface area contributed by atoms with Gasteiger partial charge in [-0.05, 0) is 32.9 Å². The van der Waals surface area contributed by atoms with Gasteiger partial charge < -0.3 is 5.32 Å². The van der Waals surface area contributed by atoms with Crippen LogP contribution >= 0.6 is 0 Å². The van der Waals surface area contributed by atoms with E-state index in [1.165, 1.54) is 35.5 Å². The molecule has 1 amide bonds. The fourth-order valence-corrected chi connectivity index (χ4v) is 4.24. The van der Waals surface area contributed by atoms with Crippen molar-refractivity contribution >= 4 is 33.7 Å². The van der Waals surface area contributed by atoms with E-state index in [0.717, 1.165) is 0 Å². The summed E-state index contributed by atoms with van der Waals surface area (Å²) in [5, 5.41) is 19.5. The molecule has 168 valence electrons. The van der Waals surface area contributed by atoms with Gasteiger partial charge >= 0.3 is 0 Å². The number of hydrogen-bond donors (Lipinski definition) is 1. The summed E-state index contributed by atoms with van der Waals surface area (Å²) in [7, 11) is -3.89. The van der Waals surface area contributed by atoms with E-state index in [1.54, 1.807) is 24.3 Å². The van der Waals surface area contributed by atoms with E-state index in [4.69, 9.17) is 0 Å². The number of sulfonamides is 1. The molecule has 1 N–H and O–H groups in total. The van der Waals surface area contributed by atoms with Crippen LogP contribution in [0.1, 0.15) is 38.3 Å². The van der Waals surface area contributed by atoms with Crippen LogP contribution in [0.2, 0.25) is 0 Å². The average molecular weight is 458 g/mol. The number of nitrogens with zero attached hydrogens (tertiary/aromatic N) is 4. The largest absolute Gasteiger partial charge is 0.351 e. The van der Waals surface area contributed by atoms with Gasteiger partial charge in [0, 0.05) is 35.2 Å². The predicted molar refractivity (Wildman–Crippen MR) is 120 cm³/mol. The molecule has 11 heteroatoms. The van der Waals surface area contributed by atoms with Crippen LogP contribution in [0.25, 0.3) is 0 Å². The zero-order chi connectivity index (χ0) is 23.5. The zero-order valence-corrected chi connectivity index (χ0v) is 18.7. The van der Waals surface area contributed by atoms with Gasteiger partial charge in [0.05, 0.1) is 17.7 Å². The molecule has 0 saturated heterocycles. The summed E-state index contributed by atoms with van der Waals surface area (Å²) in [6, 6.07) is 12.2.